The van der Waals surface area contributed by atoms with Gasteiger partial charge in [-0.3, -0.25) is 9.59 Å². The molecule has 10 heteroatoms. The average molecular weight is 681 g/mol. The zero-order valence-corrected chi connectivity index (χ0v) is 29.4. The molecule has 1 spiro atoms. The minimum Gasteiger partial charge on any atom is -0.490 e. The maximum Gasteiger partial charge on any atom is 0.323 e. The maximum absolute atomic E-state index is 13.4. The molecule has 47 heavy (non-hydrogen) atoms. The van der Waals surface area contributed by atoms with Gasteiger partial charge in [0, 0.05) is 35.0 Å². The van der Waals surface area contributed by atoms with Gasteiger partial charge >= 0.3 is 5.97 Å². The number of rotatable bonds is 3. The van der Waals surface area contributed by atoms with Crippen LogP contribution in [0.5, 0.6) is 5.75 Å². The molecule has 0 saturated heterocycles. The number of ether oxygens (including phenoxy) is 2. The Morgan fingerprint density at radius 1 is 1.19 bits per heavy atom. The lowest BCUT2D eigenvalue weighted by Crippen LogP contribution is -2.50. The van der Waals surface area contributed by atoms with Crippen molar-refractivity contribution in [3.05, 3.63) is 70.3 Å². The van der Waals surface area contributed by atoms with Crippen molar-refractivity contribution >= 4 is 39.8 Å². The molecule has 2 heterocycles. The molecule has 2 aromatic carbocycles. The molecular formula is C37H47ClN3O5S-. The molecule has 6 rings (SSSR count). The van der Waals surface area contributed by atoms with Gasteiger partial charge in [-0.05, 0) is 97.9 Å². The van der Waals surface area contributed by atoms with E-state index in [2.05, 4.69) is 21.4 Å². The molecule has 2 bridgehead atoms. The number of allylic oxidation sites excluding steroid dienone is 1. The van der Waals surface area contributed by atoms with E-state index in [1.165, 1.54) is 11.1 Å². The highest BCUT2D eigenvalue weighted by atomic mass is 35.5. The Morgan fingerprint density at radius 3 is 2.74 bits per heavy atom. The molecule has 1 fully saturated rings. The lowest BCUT2D eigenvalue weighted by Gasteiger charge is -2.46. The number of nitrogens with zero attached hydrogens (tertiary/aromatic N) is 2. The second kappa shape index (κ2) is 13.9. The predicted molar refractivity (Wildman–Crippen MR) is 186 cm³/mol. The normalized spacial score (nSPS) is 31.0. The fraction of sp³-hybridized carbons (Fsp3) is 0.568. The molecule has 254 valence electrons. The third-order valence-electron chi connectivity index (χ3n) is 11.0. The number of nitrogens with two attached hydrogens (primary N) is 1. The first-order valence-electron chi connectivity index (χ1n) is 17.1. The average Bonchev–Trinajstić information content (AvgIpc) is 3.18. The van der Waals surface area contributed by atoms with Crippen LogP contribution < -0.4 is 15.4 Å². The number of anilines is 1. The van der Waals surface area contributed by atoms with E-state index in [-0.39, 0.29) is 40.3 Å². The number of fused-ring (bicyclic) bond motifs is 4. The third-order valence-corrected chi connectivity index (χ3v) is 12.7. The molecule has 0 unspecified atom stereocenters. The molecule has 2 N–H and O–H groups in total. The first-order valence-corrected chi connectivity index (χ1v) is 18.6. The zero-order valence-electron chi connectivity index (χ0n) is 27.8. The fourth-order valence-electron chi connectivity index (χ4n) is 7.57. The SMILES string of the molecule is CC(C)[C@H](N)C(=O)O[C@H]1/C=C/C[C@H](C)[C@@H](C)[S-](=O)=NC(=O)c2ccc3c(c2)N(C[C@@H]2CC[C@H]21)C[C@@]1(CCCc2cc(Cl)ccc21)CO3. The highest BCUT2D eigenvalue weighted by Crippen LogP contribution is 2.47. The maximum atomic E-state index is 13.4. The molecule has 2 aromatic rings. The number of aryl methyl sites for hydroxylation is 1. The number of carbonyl (C=O) groups is 2. The van der Waals surface area contributed by atoms with Crippen molar-refractivity contribution in [2.24, 2.45) is 33.8 Å². The Bertz CT molecular complexity index is 1640. The highest BCUT2D eigenvalue weighted by molar-refractivity contribution is 7.75. The molecule has 0 aromatic heterocycles. The predicted octanol–water partition coefficient (Wildman–Crippen LogP) is 7.01. The summed E-state index contributed by atoms with van der Waals surface area (Å²) in [4.78, 5) is 28.9. The van der Waals surface area contributed by atoms with Crippen LogP contribution in [-0.4, -0.2) is 49.0 Å². The first kappa shape index (κ1) is 34.0. The summed E-state index contributed by atoms with van der Waals surface area (Å²) in [6, 6.07) is 10.9. The van der Waals surface area contributed by atoms with Crippen LogP contribution in [0.4, 0.5) is 5.69 Å². The quantitative estimate of drug-likeness (QED) is 0.211. The second-order valence-electron chi connectivity index (χ2n) is 14.5. The van der Waals surface area contributed by atoms with Gasteiger partial charge in [0.15, 0.2) is 0 Å². The zero-order chi connectivity index (χ0) is 33.5. The van der Waals surface area contributed by atoms with Crippen molar-refractivity contribution in [3.8, 4) is 5.75 Å². The molecule has 1 amide bonds. The summed E-state index contributed by atoms with van der Waals surface area (Å²) < 4.78 is 30.2. The number of carbonyl (C=O) groups excluding carboxylic acids is 2. The summed E-state index contributed by atoms with van der Waals surface area (Å²) in [6.07, 6.45) is 9.12. The van der Waals surface area contributed by atoms with Crippen molar-refractivity contribution < 1.29 is 23.3 Å². The third kappa shape index (κ3) is 6.99. The molecule has 7 atom stereocenters. The number of hydrogen-bond acceptors (Lipinski definition) is 8. The van der Waals surface area contributed by atoms with Gasteiger partial charge in [0.05, 0.1) is 12.3 Å². The highest BCUT2D eigenvalue weighted by Gasteiger charge is 2.45. The van der Waals surface area contributed by atoms with Gasteiger partial charge in [-0.1, -0.05) is 62.6 Å². The lowest BCUT2D eigenvalue weighted by molar-refractivity contribution is -0.154. The molecule has 8 nitrogen and oxygen atoms in total. The van der Waals surface area contributed by atoms with Gasteiger partial charge in [-0.15, -0.1) is 0 Å². The van der Waals surface area contributed by atoms with E-state index in [0.717, 1.165) is 42.8 Å². The summed E-state index contributed by atoms with van der Waals surface area (Å²) in [7, 11) is -1.72. The van der Waals surface area contributed by atoms with Gasteiger partial charge in [-0.25, -0.2) is 0 Å². The molecule has 0 radical (unpaired) electrons. The van der Waals surface area contributed by atoms with Crippen molar-refractivity contribution in [2.75, 3.05) is 24.6 Å². The minimum atomic E-state index is -1.72. The number of hydrogen-bond donors (Lipinski definition) is 1. The van der Waals surface area contributed by atoms with Gasteiger partial charge in [0.1, 0.15) is 17.9 Å². The number of halogens is 1. The Hall–Kier alpha value is -2.88. The van der Waals surface area contributed by atoms with E-state index in [0.29, 0.717) is 37.4 Å². The lowest BCUT2D eigenvalue weighted by atomic mass is 9.68. The Labute approximate surface area is 285 Å². The molecule has 2 aliphatic heterocycles. The van der Waals surface area contributed by atoms with E-state index in [9.17, 15) is 13.8 Å². The molecule has 1 saturated carbocycles. The van der Waals surface area contributed by atoms with Crippen LogP contribution >= 0.6 is 11.6 Å². The fourth-order valence-corrected chi connectivity index (χ4v) is 8.71. The van der Waals surface area contributed by atoms with Crippen molar-refractivity contribution in [2.45, 2.75) is 89.0 Å². The van der Waals surface area contributed by atoms with Gasteiger partial charge in [0.25, 0.3) is 5.91 Å². The van der Waals surface area contributed by atoms with Crippen molar-refractivity contribution in [3.63, 3.8) is 0 Å². The van der Waals surface area contributed by atoms with Crippen LogP contribution in [0.15, 0.2) is 52.9 Å². The summed E-state index contributed by atoms with van der Waals surface area (Å²) in [5, 5.41) is 0.392. The van der Waals surface area contributed by atoms with E-state index >= 15 is 0 Å². The van der Waals surface area contributed by atoms with E-state index < -0.39 is 28.6 Å². The standard InChI is InChI=1S/C37H47ClN3O5S/c1-22(2)34(39)36(43)46-32-9-5-7-23(3)24(4)47(44)40-35(42)26-11-15-33-31(18-26)41(19-27-10-13-29(27)32)20-37(21-45-33)16-6-8-25-17-28(38)12-14-30(25)37/h5,9,11-12,14-15,17-18,22-24,27,29,32,34H,6-8,10,13,16,19-21,39H2,1-4H3/q-1/b9-5+/t23-,24+,27-,29+,32-,34-,37-/m0/s1. The van der Waals surface area contributed by atoms with Crippen LogP contribution in [0.3, 0.4) is 0 Å². The van der Waals surface area contributed by atoms with Gasteiger partial charge in [0.2, 0.25) is 0 Å². The van der Waals surface area contributed by atoms with Gasteiger partial charge < -0.3 is 28.7 Å². The van der Waals surface area contributed by atoms with Crippen LogP contribution in [-0.2, 0) is 36.2 Å². The Balaban J connectivity index is 1.42. The summed E-state index contributed by atoms with van der Waals surface area (Å²) in [5.41, 5.74) is 9.71. The van der Waals surface area contributed by atoms with Gasteiger partial charge in [-0.2, -0.15) is 10.6 Å². The number of benzene rings is 2. The monoisotopic (exact) mass is 680 g/mol. The van der Waals surface area contributed by atoms with Crippen LogP contribution in [0, 0.1) is 23.7 Å². The first-order chi connectivity index (χ1) is 22.5. The largest absolute Gasteiger partial charge is 0.490 e. The van der Waals surface area contributed by atoms with E-state index in [4.69, 9.17) is 26.8 Å². The molecular weight excluding hydrogens is 634 g/mol. The van der Waals surface area contributed by atoms with Crippen LogP contribution in [0.2, 0.25) is 5.02 Å². The van der Waals surface area contributed by atoms with E-state index in [1.807, 2.05) is 58.0 Å². The summed E-state index contributed by atoms with van der Waals surface area (Å²) >= 11 is 6.44. The van der Waals surface area contributed by atoms with E-state index in [1.54, 1.807) is 6.07 Å². The van der Waals surface area contributed by atoms with Crippen molar-refractivity contribution in [1.29, 1.82) is 0 Å². The summed E-state index contributed by atoms with van der Waals surface area (Å²) in [5.74, 6) is 0.150. The van der Waals surface area contributed by atoms with Crippen LogP contribution in [0.1, 0.15) is 81.3 Å². The topological polar surface area (TPSA) is 111 Å². The smallest absolute Gasteiger partial charge is 0.323 e. The Morgan fingerprint density at radius 2 is 2.00 bits per heavy atom. The Kier molecular flexibility index (Phi) is 10.1. The molecule has 2 aliphatic carbocycles. The number of amides is 1. The second-order valence-corrected chi connectivity index (χ2v) is 16.4. The minimum absolute atomic E-state index is 0.0108. The molecule has 4 aliphatic rings. The summed E-state index contributed by atoms with van der Waals surface area (Å²) in [6.45, 7) is 9.62. The number of esters is 1. The van der Waals surface area contributed by atoms with Crippen LogP contribution in [0.25, 0.3) is 0 Å². The van der Waals surface area contributed by atoms with Crippen molar-refractivity contribution in [1.82, 2.24) is 0 Å².